The molecule has 2 nitrogen and oxygen atoms in total. The number of fused-ring (bicyclic) bond motifs is 6. The smallest absolute Gasteiger partial charge is 0.143 e. The maximum atomic E-state index is 6.58. The molecular weight excluding hydrogens is 835 g/mol. The SMILES string of the molecule is c1ccc(-c2ccc(-c3ccccc3N(c3ccc(-c4cccc5c4-c4ccccc4C5(c4ccccc4)c4ccccc4)cc3)c3cccc(-c4cccc5c4oc4ccccc45)c3)cc2)cc1. The summed E-state index contributed by atoms with van der Waals surface area (Å²) >= 11 is 0. The van der Waals surface area contributed by atoms with E-state index in [9.17, 15) is 0 Å². The quantitative estimate of drug-likeness (QED) is 0.144. The molecule has 0 N–H and O–H groups in total. The summed E-state index contributed by atoms with van der Waals surface area (Å²) in [6.07, 6.45) is 0. The van der Waals surface area contributed by atoms with Gasteiger partial charge in [-0.25, -0.2) is 0 Å². The Hall–Kier alpha value is -8.98. The minimum Gasteiger partial charge on any atom is -0.455 e. The summed E-state index contributed by atoms with van der Waals surface area (Å²) < 4.78 is 6.58. The average Bonchev–Trinajstić information content (AvgIpc) is 3.97. The van der Waals surface area contributed by atoms with E-state index < -0.39 is 5.41 Å². The molecule has 0 radical (unpaired) electrons. The van der Waals surface area contributed by atoms with E-state index >= 15 is 0 Å². The summed E-state index contributed by atoms with van der Waals surface area (Å²) in [7, 11) is 0. The first-order valence-corrected chi connectivity index (χ1v) is 23.7. The fourth-order valence-electron chi connectivity index (χ4n) is 11.1. The van der Waals surface area contributed by atoms with Gasteiger partial charge in [-0.1, -0.05) is 237 Å². The number of furan rings is 1. The second-order valence-electron chi connectivity index (χ2n) is 17.9. The molecule has 324 valence electrons. The molecule has 0 atom stereocenters. The molecule has 1 heterocycles. The molecule has 11 aromatic carbocycles. The molecule has 13 rings (SSSR count). The number of para-hydroxylation sites is 3. The molecule has 12 aromatic rings. The first-order chi connectivity index (χ1) is 34.2. The molecule has 0 saturated carbocycles. The van der Waals surface area contributed by atoms with Crippen LogP contribution in [-0.4, -0.2) is 0 Å². The molecular formula is C67H45NO. The fraction of sp³-hybridized carbons (Fsp3) is 0.0149. The van der Waals surface area contributed by atoms with Crippen LogP contribution in [-0.2, 0) is 5.41 Å². The molecule has 0 spiro atoms. The Kier molecular flexibility index (Phi) is 9.77. The van der Waals surface area contributed by atoms with Crippen LogP contribution >= 0.6 is 0 Å². The Morgan fingerprint density at radius 1 is 0.304 bits per heavy atom. The van der Waals surface area contributed by atoms with Gasteiger partial charge in [-0.3, -0.25) is 0 Å². The zero-order chi connectivity index (χ0) is 45.7. The third-order valence-electron chi connectivity index (χ3n) is 14.2. The second kappa shape index (κ2) is 16.7. The van der Waals surface area contributed by atoms with Crippen LogP contribution in [0.4, 0.5) is 17.1 Å². The molecule has 0 fully saturated rings. The Morgan fingerprint density at radius 2 is 0.812 bits per heavy atom. The number of rotatable bonds is 9. The summed E-state index contributed by atoms with van der Waals surface area (Å²) in [5.74, 6) is 0. The molecule has 0 unspecified atom stereocenters. The third kappa shape index (κ3) is 6.64. The van der Waals surface area contributed by atoms with E-state index in [2.05, 4.69) is 272 Å². The van der Waals surface area contributed by atoms with Crippen molar-refractivity contribution in [2.24, 2.45) is 0 Å². The van der Waals surface area contributed by atoms with Crippen molar-refractivity contribution in [1.29, 1.82) is 0 Å². The van der Waals surface area contributed by atoms with E-state index in [1.807, 2.05) is 6.07 Å². The lowest BCUT2D eigenvalue weighted by Gasteiger charge is -2.34. The van der Waals surface area contributed by atoms with Crippen LogP contribution in [0.5, 0.6) is 0 Å². The molecule has 0 aliphatic heterocycles. The minimum absolute atomic E-state index is 0.470. The Balaban J connectivity index is 0.970. The van der Waals surface area contributed by atoms with E-state index in [4.69, 9.17) is 4.42 Å². The molecule has 1 aliphatic rings. The molecule has 0 bridgehead atoms. The summed E-state index contributed by atoms with van der Waals surface area (Å²) in [5.41, 5.74) is 21.4. The Labute approximate surface area is 402 Å². The number of hydrogen-bond acceptors (Lipinski definition) is 2. The largest absolute Gasteiger partial charge is 0.455 e. The van der Waals surface area contributed by atoms with Crippen molar-refractivity contribution >= 4 is 39.0 Å². The molecule has 2 heteroatoms. The van der Waals surface area contributed by atoms with Gasteiger partial charge in [0.2, 0.25) is 0 Å². The monoisotopic (exact) mass is 879 g/mol. The van der Waals surface area contributed by atoms with E-state index in [0.29, 0.717) is 0 Å². The molecule has 1 aromatic heterocycles. The van der Waals surface area contributed by atoms with Gasteiger partial charge in [0.25, 0.3) is 0 Å². The van der Waals surface area contributed by atoms with Crippen molar-refractivity contribution in [2.75, 3.05) is 4.90 Å². The highest BCUT2D eigenvalue weighted by Gasteiger charge is 2.46. The maximum Gasteiger partial charge on any atom is 0.143 e. The second-order valence-corrected chi connectivity index (χ2v) is 17.9. The van der Waals surface area contributed by atoms with Crippen LogP contribution in [0.1, 0.15) is 22.3 Å². The van der Waals surface area contributed by atoms with Gasteiger partial charge in [-0.2, -0.15) is 0 Å². The highest BCUT2D eigenvalue weighted by molar-refractivity contribution is 6.09. The van der Waals surface area contributed by atoms with Crippen LogP contribution in [0.25, 0.3) is 77.6 Å². The number of benzene rings is 11. The lowest BCUT2D eigenvalue weighted by molar-refractivity contribution is 0.670. The van der Waals surface area contributed by atoms with Crippen LogP contribution < -0.4 is 4.90 Å². The first kappa shape index (κ1) is 40.3. The average molecular weight is 880 g/mol. The van der Waals surface area contributed by atoms with Gasteiger partial charge in [-0.15, -0.1) is 0 Å². The van der Waals surface area contributed by atoms with Gasteiger partial charge in [0.15, 0.2) is 0 Å². The van der Waals surface area contributed by atoms with Crippen molar-refractivity contribution in [3.8, 4) is 55.6 Å². The van der Waals surface area contributed by atoms with Gasteiger partial charge < -0.3 is 9.32 Å². The summed E-state index contributed by atoms with van der Waals surface area (Å²) in [6.45, 7) is 0. The molecule has 0 amide bonds. The van der Waals surface area contributed by atoms with Gasteiger partial charge >= 0.3 is 0 Å². The first-order valence-electron chi connectivity index (χ1n) is 23.7. The number of anilines is 3. The molecule has 0 saturated heterocycles. The van der Waals surface area contributed by atoms with Crippen LogP contribution in [0, 0.1) is 0 Å². The summed E-state index contributed by atoms with van der Waals surface area (Å²) in [5, 5.41) is 2.24. The number of hydrogen-bond donors (Lipinski definition) is 0. The lowest BCUT2D eigenvalue weighted by Crippen LogP contribution is -2.28. The van der Waals surface area contributed by atoms with Crippen LogP contribution in [0.2, 0.25) is 0 Å². The maximum absolute atomic E-state index is 6.58. The lowest BCUT2D eigenvalue weighted by atomic mass is 9.67. The van der Waals surface area contributed by atoms with E-state index in [0.717, 1.165) is 66.8 Å². The normalized spacial score (nSPS) is 12.5. The van der Waals surface area contributed by atoms with Crippen molar-refractivity contribution in [3.05, 3.63) is 295 Å². The summed E-state index contributed by atoms with van der Waals surface area (Å²) in [4.78, 5) is 2.41. The van der Waals surface area contributed by atoms with Crippen molar-refractivity contribution in [1.82, 2.24) is 0 Å². The minimum atomic E-state index is -0.470. The predicted molar refractivity (Wildman–Crippen MR) is 287 cm³/mol. The van der Waals surface area contributed by atoms with Crippen molar-refractivity contribution in [3.63, 3.8) is 0 Å². The fourth-order valence-corrected chi connectivity index (χ4v) is 11.1. The Bertz CT molecular complexity index is 3780. The highest BCUT2D eigenvalue weighted by atomic mass is 16.3. The predicted octanol–water partition coefficient (Wildman–Crippen LogP) is 18.1. The molecule has 1 aliphatic carbocycles. The third-order valence-corrected chi connectivity index (χ3v) is 14.2. The highest BCUT2D eigenvalue weighted by Crippen LogP contribution is 2.58. The zero-order valence-electron chi connectivity index (χ0n) is 37.8. The van der Waals surface area contributed by atoms with E-state index in [-0.39, 0.29) is 0 Å². The van der Waals surface area contributed by atoms with Crippen LogP contribution in [0.15, 0.2) is 277 Å². The Morgan fingerprint density at radius 3 is 1.58 bits per heavy atom. The van der Waals surface area contributed by atoms with Gasteiger partial charge in [-0.05, 0) is 103 Å². The number of nitrogens with zero attached hydrogens (tertiary/aromatic N) is 1. The molecule has 69 heavy (non-hydrogen) atoms. The summed E-state index contributed by atoms with van der Waals surface area (Å²) in [6, 6.07) is 99.1. The van der Waals surface area contributed by atoms with Gasteiger partial charge in [0, 0.05) is 33.3 Å². The van der Waals surface area contributed by atoms with Gasteiger partial charge in [0.05, 0.1) is 11.1 Å². The van der Waals surface area contributed by atoms with E-state index in [1.165, 1.54) is 50.1 Å². The standard InChI is InChI=1S/C67H45NO/c1-4-19-46(20-5-1)47-37-39-48(40-38-47)55-27-11-14-35-63(55)68(54-26-16-21-50(45-54)57-31-17-32-59-58-28-12-15-36-64(58)69-66(57)59)53-43-41-49(42-44-53)56-30-18-34-62-65(56)60-29-10-13-33-61(60)67(62,51-22-6-2-7-23-51)52-24-8-3-9-25-52/h1-45H. The van der Waals surface area contributed by atoms with Crippen molar-refractivity contribution in [2.45, 2.75) is 5.41 Å². The zero-order valence-corrected chi connectivity index (χ0v) is 37.8. The van der Waals surface area contributed by atoms with Gasteiger partial charge in [0.1, 0.15) is 11.2 Å². The topological polar surface area (TPSA) is 16.4 Å². The van der Waals surface area contributed by atoms with E-state index in [1.54, 1.807) is 0 Å². The van der Waals surface area contributed by atoms with Crippen molar-refractivity contribution < 1.29 is 4.42 Å². The van der Waals surface area contributed by atoms with Crippen LogP contribution in [0.3, 0.4) is 0 Å².